The Bertz CT molecular complexity index is 1570. The highest BCUT2D eigenvalue weighted by molar-refractivity contribution is 7.19. The van der Waals surface area contributed by atoms with Crippen LogP contribution in [0.15, 0.2) is 59.9 Å². The van der Waals surface area contributed by atoms with Gasteiger partial charge in [-0.05, 0) is 62.7 Å². The largest absolute Gasteiger partial charge is 0.503 e. The van der Waals surface area contributed by atoms with Gasteiger partial charge in [-0.1, -0.05) is 68.5 Å². The summed E-state index contributed by atoms with van der Waals surface area (Å²) in [6.45, 7) is 9.55. The second-order valence-electron chi connectivity index (χ2n) is 11.3. The first-order valence-electron chi connectivity index (χ1n) is 12.9. The standard InChI is InChI=1S/C30H34N4O3S/c1-18-27(38-29-31-21-10-7-8-11-22(21)34(18)29)25(35)23-24(19-12-14-20(15-13-19)30(2,3)4)33(28(37)26(23)36)17-9-16-32(5)6/h7-8,10-15,24,36H,9,16-17H2,1-6H3. The van der Waals surface area contributed by atoms with Crippen LogP contribution in [0.2, 0.25) is 0 Å². The van der Waals surface area contributed by atoms with Gasteiger partial charge in [0.05, 0.1) is 27.5 Å². The number of fused-ring (bicyclic) bond motifs is 3. The van der Waals surface area contributed by atoms with E-state index in [1.807, 2.05) is 74.0 Å². The number of hydrogen-bond donors (Lipinski definition) is 1. The van der Waals surface area contributed by atoms with E-state index in [2.05, 4.69) is 25.7 Å². The van der Waals surface area contributed by atoms with Gasteiger partial charge in [0.1, 0.15) is 0 Å². The van der Waals surface area contributed by atoms with Crippen LogP contribution in [0, 0.1) is 6.92 Å². The fourth-order valence-electron chi connectivity index (χ4n) is 5.18. The molecule has 4 aromatic rings. The molecule has 1 unspecified atom stereocenters. The van der Waals surface area contributed by atoms with Crippen molar-refractivity contribution in [1.82, 2.24) is 19.2 Å². The highest BCUT2D eigenvalue weighted by Crippen LogP contribution is 2.41. The number of nitrogens with zero attached hydrogens (tertiary/aromatic N) is 4. The molecule has 2 aromatic heterocycles. The minimum absolute atomic E-state index is 0.0301. The smallest absolute Gasteiger partial charge is 0.290 e. The Morgan fingerprint density at radius 1 is 1.11 bits per heavy atom. The fraction of sp³-hybridized carbons (Fsp3) is 0.367. The molecule has 8 heteroatoms. The lowest BCUT2D eigenvalue weighted by Gasteiger charge is -2.28. The molecule has 0 saturated heterocycles. The molecule has 5 rings (SSSR count). The quantitative estimate of drug-likeness (QED) is 0.311. The Morgan fingerprint density at radius 2 is 1.79 bits per heavy atom. The van der Waals surface area contributed by atoms with Crippen molar-refractivity contribution in [2.75, 3.05) is 27.2 Å². The number of benzene rings is 2. The van der Waals surface area contributed by atoms with Gasteiger partial charge < -0.3 is 14.9 Å². The Balaban J connectivity index is 1.59. The SMILES string of the molecule is Cc1c(C(=O)C2=C(O)C(=O)N(CCCN(C)C)C2c2ccc(C(C)(C)C)cc2)sc2nc3ccccc3n12. The first kappa shape index (κ1) is 26.1. The number of carbonyl (C=O) groups excluding carboxylic acids is 2. The topological polar surface area (TPSA) is 78.2 Å². The summed E-state index contributed by atoms with van der Waals surface area (Å²) in [5.74, 6) is -1.28. The lowest BCUT2D eigenvalue weighted by atomic mass is 9.85. The fourth-order valence-corrected chi connectivity index (χ4v) is 6.28. The molecular formula is C30H34N4O3S. The molecule has 1 N–H and O–H groups in total. The molecule has 1 amide bonds. The van der Waals surface area contributed by atoms with Crippen molar-refractivity contribution >= 4 is 39.0 Å². The van der Waals surface area contributed by atoms with Crippen LogP contribution in [0.1, 0.15) is 59.7 Å². The average molecular weight is 531 g/mol. The van der Waals surface area contributed by atoms with Crippen molar-refractivity contribution in [1.29, 1.82) is 0 Å². The summed E-state index contributed by atoms with van der Waals surface area (Å²) >= 11 is 1.29. The van der Waals surface area contributed by atoms with Crippen molar-refractivity contribution in [3.8, 4) is 0 Å². The lowest BCUT2D eigenvalue weighted by molar-refractivity contribution is -0.129. The number of hydrogen-bond acceptors (Lipinski definition) is 6. The summed E-state index contributed by atoms with van der Waals surface area (Å²) in [5, 5.41) is 11.1. The maximum atomic E-state index is 14.1. The van der Waals surface area contributed by atoms with Crippen molar-refractivity contribution < 1.29 is 14.7 Å². The van der Waals surface area contributed by atoms with Crippen LogP contribution in [-0.4, -0.2) is 63.2 Å². The molecule has 0 radical (unpaired) electrons. The third-order valence-electron chi connectivity index (χ3n) is 7.24. The summed E-state index contributed by atoms with van der Waals surface area (Å²) in [5.41, 5.74) is 4.63. The van der Waals surface area contributed by atoms with E-state index in [1.165, 1.54) is 11.3 Å². The molecule has 1 aliphatic rings. The molecule has 198 valence electrons. The van der Waals surface area contributed by atoms with Crippen LogP contribution in [-0.2, 0) is 10.2 Å². The number of carbonyl (C=O) groups is 2. The number of thiazole rings is 1. The summed E-state index contributed by atoms with van der Waals surface area (Å²) in [6.07, 6.45) is 0.724. The molecule has 0 spiro atoms. The van der Waals surface area contributed by atoms with Gasteiger partial charge in [-0.2, -0.15) is 0 Å². The number of aliphatic hydroxyl groups excluding tert-OH is 1. The molecule has 7 nitrogen and oxygen atoms in total. The number of imidazole rings is 1. The van der Waals surface area contributed by atoms with Gasteiger partial charge in [0.25, 0.3) is 5.91 Å². The summed E-state index contributed by atoms with van der Waals surface area (Å²) in [6, 6.07) is 15.2. The molecule has 2 aromatic carbocycles. The number of aryl methyl sites for hydroxylation is 1. The van der Waals surface area contributed by atoms with Crippen LogP contribution in [0.5, 0.6) is 0 Å². The highest BCUT2D eigenvalue weighted by atomic mass is 32.1. The van der Waals surface area contributed by atoms with Crippen molar-refractivity contribution in [2.45, 2.75) is 45.6 Å². The summed E-state index contributed by atoms with van der Waals surface area (Å²) < 4.78 is 1.98. The van der Waals surface area contributed by atoms with Crippen LogP contribution >= 0.6 is 11.3 Å². The molecule has 0 fully saturated rings. The van der Waals surface area contributed by atoms with Crippen LogP contribution in [0.4, 0.5) is 0 Å². The molecule has 1 atom stereocenters. The van der Waals surface area contributed by atoms with Crippen LogP contribution in [0.3, 0.4) is 0 Å². The van der Waals surface area contributed by atoms with E-state index in [1.54, 1.807) is 4.90 Å². The molecule has 1 aliphatic heterocycles. The molecule has 0 bridgehead atoms. The highest BCUT2D eigenvalue weighted by Gasteiger charge is 2.44. The molecular weight excluding hydrogens is 496 g/mol. The molecule has 0 saturated carbocycles. The van der Waals surface area contributed by atoms with Crippen molar-refractivity contribution in [2.24, 2.45) is 0 Å². The van der Waals surface area contributed by atoms with E-state index in [0.717, 1.165) is 40.8 Å². The zero-order valence-corrected chi connectivity index (χ0v) is 23.6. The van der Waals surface area contributed by atoms with Gasteiger partial charge in [-0.25, -0.2) is 4.98 Å². The third kappa shape index (κ3) is 4.41. The Morgan fingerprint density at radius 3 is 2.45 bits per heavy atom. The first-order valence-corrected chi connectivity index (χ1v) is 13.7. The van der Waals surface area contributed by atoms with E-state index >= 15 is 0 Å². The average Bonchev–Trinajstić information content (AvgIpc) is 3.47. The van der Waals surface area contributed by atoms with E-state index in [-0.39, 0.29) is 16.8 Å². The summed E-state index contributed by atoms with van der Waals surface area (Å²) in [4.78, 5) is 37.1. The van der Waals surface area contributed by atoms with Crippen LogP contribution < -0.4 is 0 Å². The van der Waals surface area contributed by atoms with E-state index < -0.39 is 17.7 Å². The number of ketones is 1. The Kier molecular flexibility index (Phi) is 6.65. The van der Waals surface area contributed by atoms with Crippen molar-refractivity contribution in [3.63, 3.8) is 0 Å². The maximum absolute atomic E-state index is 14.1. The predicted molar refractivity (Wildman–Crippen MR) is 152 cm³/mol. The van der Waals surface area contributed by atoms with Gasteiger partial charge in [0.15, 0.2) is 10.7 Å². The third-order valence-corrected chi connectivity index (χ3v) is 8.38. The second kappa shape index (κ2) is 9.67. The molecule has 38 heavy (non-hydrogen) atoms. The normalized spacial score (nSPS) is 16.6. The predicted octanol–water partition coefficient (Wildman–Crippen LogP) is 5.68. The second-order valence-corrected chi connectivity index (χ2v) is 12.2. The zero-order valence-electron chi connectivity index (χ0n) is 22.8. The van der Waals surface area contributed by atoms with Crippen LogP contribution in [0.25, 0.3) is 16.0 Å². The number of amides is 1. The minimum atomic E-state index is -0.656. The molecule has 0 aliphatic carbocycles. The van der Waals surface area contributed by atoms with E-state index in [0.29, 0.717) is 16.4 Å². The number of aromatic nitrogens is 2. The monoisotopic (exact) mass is 530 g/mol. The van der Waals surface area contributed by atoms with Gasteiger partial charge >= 0.3 is 0 Å². The summed E-state index contributed by atoms with van der Waals surface area (Å²) in [7, 11) is 3.97. The number of para-hydroxylation sites is 2. The first-order chi connectivity index (χ1) is 18.0. The lowest BCUT2D eigenvalue weighted by Crippen LogP contribution is -2.33. The Hall–Kier alpha value is -3.49. The number of Topliss-reactive ketones (excluding diaryl/α,β-unsaturated/α-hetero) is 1. The van der Waals surface area contributed by atoms with Gasteiger partial charge in [0.2, 0.25) is 5.78 Å². The van der Waals surface area contributed by atoms with E-state index in [9.17, 15) is 14.7 Å². The molecule has 3 heterocycles. The van der Waals surface area contributed by atoms with Crippen molar-refractivity contribution in [3.05, 3.63) is 81.6 Å². The van der Waals surface area contributed by atoms with Gasteiger partial charge in [-0.15, -0.1) is 0 Å². The maximum Gasteiger partial charge on any atom is 0.290 e. The van der Waals surface area contributed by atoms with Gasteiger partial charge in [-0.3, -0.25) is 14.0 Å². The minimum Gasteiger partial charge on any atom is -0.503 e. The van der Waals surface area contributed by atoms with E-state index in [4.69, 9.17) is 4.98 Å². The zero-order chi connectivity index (χ0) is 27.4. The number of rotatable bonds is 7. The Labute approximate surface area is 227 Å². The van der Waals surface area contributed by atoms with Gasteiger partial charge in [0, 0.05) is 12.2 Å². The number of aliphatic hydroxyl groups is 1.